The van der Waals surface area contributed by atoms with Gasteiger partial charge in [-0.1, -0.05) is 0 Å². The maximum atomic E-state index is 5.28. The van der Waals surface area contributed by atoms with Crippen molar-refractivity contribution in [2.24, 2.45) is 0 Å². The lowest BCUT2D eigenvalue weighted by molar-refractivity contribution is 0.495. The van der Waals surface area contributed by atoms with Gasteiger partial charge in [-0.15, -0.1) is 0 Å². The molecule has 0 atom stereocenters. The zero-order valence-corrected chi connectivity index (χ0v) is 6.64. The summed E-state index contributed by atoms with van der Waals surface area (Å²) < 4.78 is 3.79. The summed E-state index contributed by atoms with van der Waals surface area (Å²) in [5.74, 6) is 0.314. The maximum absolute atomic E-state index is 5.28. The van der Waals surface area contributed by atoms with E-state index in [4.69, 9.17) is 5.73 Å². The molecule has 1 heterocycles. The molecule has 0 unspecified atom stereocenters. The highest BCUT2D eigenvalue weighted by Crippen LogP contribution is 2.10. The largest absolute Gasteiger partial charge is 0.367 e. The summed E-state index contributed by atoms with van der Waals surface area (Å²) in [5.41, 5.74) is 8.21. The molecule has 56 valence electrons. The fourth-order valence-corrected chi connectivity index (χ4v) is 1.05. The topological polar surface area (TPSA) is 67.1 Å². The van der Waals surface area contributed by atoms with E-state index in [0.717, 1.165) is 0 Å². The molecule has 1 aromatic rings. The lowest BCUT2D eigenvalue weighted by Crippen LogP contribution is -2.19. The van der Waals surface area contributed by atoms with Crippen LogP contribution in [-0.4, -0.2) is 28.5 Å². The zero-order valence-electron chi connectivity index (χ0n) is 5.83. The molecule has 0 amide bonds. The van der Waals surface area contributed by atoms with Gasteiger partial charge in [0.1, 0.15) is 0 Å². The second-order valence-corrected chi connectivity index (χ2v) is 2.72. The minimum Gasteiger partial charge on any atom is -0.367 e. The van der Waals surface area contributed by atoms with Gasteiger partial charge < -0.3 is 5.73 Å². The Kier molecular flexibility index (Phi) is 2.03. The van der Waals surface area contributed by atoms with E-state index in [1.165, 1.54) is 11.5 Å². The summed E-state index contributed by atoms with van der Waals surface area (Å²) in [7, 11) is 3.75. The van der Waals surface area contributed by atoms with Crippen LogP contribution in [0.2, 0.25) is 0 Å². The van der Waals surface area contributed by atoms with Crippen LogP contribution in [0.25, 0.3) is 0 Å². The van der Waals surface area contributed by atoms with Crippen LogP contribution in [-0.2, 0) is 0 Å². The molecule has 0 aliphatic carbocycles. The third-order valence-corrected chi connectivity index (χ3v) is 1.39. The van der Waals surface area contributed by atoms with E-state index >= 15 is 0 Å². The maximum Gasteiger partial charge on any atom is 0.233 e. The first-order valence-electron chi connectivity index (χ1n) is 2.71. The lowest BCUT2D eigenvalue weighted by atomic mass is 11.0. The molecule has 0 spiro atoms. The molecular formula is C4H9N5S. The summed E-state index contributed by atoms with van der Waals surface area (Å²) in [6, 6.07) is 0. The highest BCUT2D eigenvalue weighted by atomic mass is 32.1. The van der Waals surface area contributed by atoms with Crippen LogP contribution in [0.4, 0.5) is 11.1 Å². The lowest BCUT2D eigenvalue weighted by Gasteiger charge is -2.08. The first kappa shape index (κ1) is 7.23. The van der Waals surface area contributed by atoms with Gasteiger partial charge in [0.2, 0.25) is 11.1 Å². The van der Waals surface area contributed by atoms with Crippen molar-refractivity contribution in [2.45, 2.75) is 0 Å². The van der Waals surface area contributed by atoms with Gasteiger partial charge in [-0.25, -0.2) is 5.01 Å². The summed E-state index contributed by atoms with van der Waals surface area (Å²) in [5, 5.41) is 2.49. The number of anilines is 2. The van der Waals surface area contributed by atoms with E-state index in [-0.39, 0.29) is 0 Å². The van der Waals surface area contributed by atoms with Crippen molar-refractivity contribution in [2.75, 3.05) is 25.3 Å². The quantitative estimate of drug-likeness (QED) is 0.595. The van der Waals surface area contributed by atoms with Crippen LogP contribution in [0.15, 0.2) is 0 Å². The highest BCUT2D eigenvalue weighted by molar-refractivity contribution is 7.09. The Labute approximate surface area is 63.0 Å². The number of rotatable bonds is 2. The Morgan fingerprint density at radius 2 is 2.30 bits per heavy atom. The Morgan fingerprint density at radius 3 is 2.70 bits per heavy atom. The van der Waals surface area contributed by atoms with Crippen LogP contribution < -0.4 is 11.2 Å². The smallest absolute Gasteiger partial charge is 0.233 e. The normalized spacial score (nSPS) is 10.3. The molecule has 0 fully saturated rings. The number of nitrogens with two attached hydrogens (primary N) is 1. The molecule has 0 saturated heterocycles. The Morgan fingerprint density at radius 1 is 1.60 bits per heavy atom. The van der Waals surface area contributed by atoms with Crippen LogP contribution in [0.1, 0.15) is 0 Å². The second-order valence-electron chi connectivity index (χ2n) is 1.96. The van der Waals surface area contributed by atoms with Gasteiger partial charge in [0.25, 0.3) is 0 Å². The number of hydrogen-bond acceptors (Lipinski definition) is 6. The minimum atomic E-state index is 0.314. The molecule has 5 nitrogen and oxygen atoms in total. The third-order valence-electron chi connectivity index (χ3n) is 0.761. The fourth-order valence-electron chi connectivity index (χ4n) is 0.472. The van der Waals surface area contributed by atoms with E-state index in [1.807, 2.05) is 14.1 Å². The van der Waals surface area contributed by atoms with E-state index in [1.54, 1.807) is 5.01 Å². The number of aromatic nitrogens is 2. The molecule has 0 aliphatic heterocycles. The molecule has 0 aliphatic rings. The van der Waals surface area contributed by atoms with Crippen molar-refractivity contribution >= 4 is 22.6 Å². The van der Waals surface area contributed by atoms with Gasteiger partial charge in [0.05, 0.1) is 0 Å². The summed E-state index contributed by atoms with van der Waals surface area (Å²) in [6.07, 6.45) is 0. The fraction of sp³-hybridized carbons (Fsp3) is 0.500. The van der Waals surface area contributed by atoms with Crippen molar-refractivity contribution in [3.05, 3.63) is 0 Å². The number of nitrogens with zero attached hydrogens (tertiary/aromatic N) is 3. The summed E-state index contributed by atoms with van der Waals surface area (Å²) in [4.78, 5) is 3.88. The molecular weight excluding hydrogens is 150 g/mol. The van der Waals surface area contributed by atoms with E-state index in [0.29, 0.717) is 11.1 Å². The van der Waals surface area contributed by atoms with Crippen LogP contribution in [0.5, 0.6) is 0 Å². The molecule has 0 radical (unpaired) electrons. The summed E-state index contributed by atoms with van der Waals surface area (Å²) >= 11 is 1.24. The Hall–Kier alpha value is -0.880. The van der Waals surface area contributed by atoms with Crippen molar-refractivity contribution in [1.82, 2.24) is 14.4 Å². The SMILES string of the molecule is CN(C)Nc1nc(N)ns1. The average Bonchev–Trinajstić information content (AvgIpc) is 2.13. The first-order valence-corrected chi connectivity index (χ1v) is 3.49. The van der Waals surface area contributed by atoms with E-state index in [2.05, 4.69) is 14.8 Å². The van der Waals surface area contributed by atoms with Gasteiger partial charge in [-0.2, -0.15) is 9.36 Å². The van der Waals surface area contributed by atoms with Gasteiger partial charge in [0, 0.05) is 25.6 Å². The van der Waals surface area contributed by atoms with Crippen molar-refractivity contribution in [1.29, 1.82) is 0 Å². The minimum absolute atomic E-state index is 0.314. The van der Waals surface area contributed by atoms with Crippen molar-refractivity contribution < 1.29 is 0 Å². The monoisotopic (exact) mass is 159 g/mol. The number of hydrazine groups is 1. The van der Waals surface area contributed by atoms with Crippen LogP contribution >= 0.6 is 11.5 Å². The summed E-state index contributed by atoms with van der Waals surface area (Å²) in [6.45, 7) is 0. The molecule has 0 aromatic carbocycles. The Bertz CT molecular complexity index is 207. The molecule has 6 heteroatoms. The van der Waals surface area contributed by atoms with Gasteiger partial charge >= 0.3 is 0 Å². The average molecular weight is 159 g/mol. The van der Waals surface area contributed by atoms with Crippen LogP contribution in [0.3, 0.4) is 0 Å². The van der Waals surface area contributed by atoms with Gasteiger partial charge in [-0.05, 0) is 0 Å². The Balaban J connectivity index is 2.58. The van der Waals surface area contributed by atoms with E-state index < -0.39 is 0 Å². The van der Waals surface area contributed by atoms with Crippen molar-refractivity contribution in [3.8, 4) is 0 Å². The second kappa shape index (κ2) is 2.80. The molecule has 10 heavy (non-hydrogen) atoms. The van der Waals surface area contributed by atoms with Gasteiger partial charge in [-0.3, -0.25) is 5.43 Å². The molecule has 3 N–H and O–H groups in total. The predicted molar refractivity (Wildman–Crippen MR) is 41.6 cm³/mol. The number of nitrogen functional groups attached to an aromatic ring is 1. The van der Waals surface area contributed by atoms with Crippen molar-refractivity contribution in [3.63, 3.8) is 0 Å². The van der Waals surface area contributed by atoms with Gasteiger partial charge in [0.15, 0.2) is 0 Å². The number of nitrogens with one attached hydrogen (secondary N) is 1. The standard InChI is InChI=1S/C4H9N5S/c1-9(2)7-4-6-3(5)8-10-4/h1-2H3,(H3,5,6,7,8). The number of hydrogen-bond donors (Lipinski definition) is 2. The molecule has 1 rings (SSSR count). The van der Waals surface area contributed by atoms with E-state index in [9.17, 15) is 0 Å². The molecule has 1 aromatic heterocycles. The molecule has 0 bridgehead atoms. The van der Waals surface area contributed by atoms with Crippen LogP contribution in [0, 0.1) is 0 Å². The highest BCUT2D eigenvalue weighted by Gasteiger charge is 1.98. The first-order chi connectivity index (χ1) is 4.68. The molecule has 0 saturated carbocycles. The third kappa shape index (κ3) is 1.82. The zero-order chi connectivity index (χ0) is 7.56. The predicted octanol–water partition coefficient (Wildman–Crippen LogP) is 0.00880.